The van der Waals surface area contributed by atoms with E-state index < -0.39 is 5.91 Å². The van der Waals surface area contributed by atoms with Gasteiger partial charge in [-0.3, -0.25) is 9.48 Å². The van der Waals surface area contributed by atoms with E-state index in [0.29, 0.717) is 0 Å². The zero-order valence-corrected chi connectivity index (χ0v) is 11.3. The first-order chi connectivity index (χ1) is 8.54. The molecule has 0 bridgehead atoms. The van der Waals surface area contributed by atoms with Gasteiger partial charge in [0.15, 0.2) is 0 Å². The molecule has 0 saturated heterocycles. The van der Waals surface area contributed by atoms with Gasteiger partial charge in [-0.2, -0.15) is 5.10 Å². The monoisotopic (exact) mass is 284 g/mol. The Kier molecular flexibility index (Phi) is 3.88. The van der Waals surface area contributed by atoms with Crippen LogP contribution in [0, 0.1) is 0 Å². The average molecular weight is 285 g/mol. The highest BCUT2D eigenvalue weighted by Crippen LogP contribution is 2.28. The van der Waals surface area contributed by atoms with Crippen molar-refractivity contribution < 1.29 is 4.79 Å². The van der Waals surface area contributed by atoms with Crippen molar-refractivity contribution in [3.8, 4) is 0 Å². The number of hydrogen-bond donors (Lipinski definition) is 2. The minimum absolute atomic E-state index is 0.0842. The highest BCUT2D eigenvalue weighted by molar-refractivity contribution is 7.16. The third-order valence-electron chi connectivity index (χ3n) is 2.36. The van der Waals surface area contributed by atoms with Crippen LogP contribution in [0.5, 0.6) is 0 Å². The number of halogens is 1. The normalized spacial score (nSPS) is 12.3. The van der Waals surface area contributed by atoms with Gasteiger partial charge >= 0.3 is 0 Å². The lowest BCUT2D eigenvalue weighted by Gasteiger charge is -2.11. The van der Waals surface area contributed by atoms with Crippen molar-refractivity contribution in [1.82, 2.24) is 9.78 Å². The van der Waals surface area contributed by atoms with E-state index >= 15 is 0 Å². The second-order valence-electron chi connectivity index (χ2n) is 3.90. The van der Waals surface area contributed by atoms with Gasteiger partial charge < -0.3 is 11.1 Å². The van der Waals surface area contributed by atoms with Gasteiger partial charge in [-0.25, -0.2) is 0 Å². The summed E-state index contributed by atoms with van der Waals surface area (Å²) in [6.45, 7) is 2.12. The Morgan fingerprint density at radius 1 is 1.67 bits per heavy atom. The smallest absolute Gasteiger partial charge is 0.239 e. The molecule has 18 heavy (non-hydrogen) atoms. The van der Waals surface area contributed by atoms with Gasteiger partial charge in [0.2, 0.25) is 5.91 Å². The molecule has 1 atom stereocenters. The number of anilines is 1. The number of carbonyl (C=O) groups is 1. The van der Waals surface area contributed by atoms with Gasteiger partial charge in [0, 0.05) is 11.1 Å². The van der Waals surface area contributed by atoms with Crippen molar-refractivity contribution in [3.05, 3.63) is 33.7 Å². The minimum Gasteiger partial charge on any atom is -0.375 e. The quantitative estimate of drug-likeness (QED) is 0.884. The van der Waals surface area contributed by atoms with Crippen molar-refractivity contribution in [2.24, 2.45) is 5.73 Å². The highest BCUT2D eigenvalue weighted by Gasteiger charge is 2.09. The van der Waals surface area contributed by atoms with Crippen LogP contribution >= 0.6 is 22.9 Å². The fourth-order valence-electron chi connectivity index (χ4n) is 1.57. The summed E-state index contributed by atoms with van der Waals surface area (Å²) in [7, 11) is 0. The first-order valence-corrected chi connectivity index (χ1v) is 6.56. The number of hydrogen-bond acceptors (Lipinski definition) is 4. The fourth-order valence-corrected chi connectivity index (χ4v) is 2.63. The number of nitrogens with two attached hydrogens (primary N) is 1. The van der Waals surface area contributed by atoms with Gasteiger partial charge in [-0.05, 0) is 19.1 Å². The molecule has 2 aromatic heterocycles. The Hall–Kier alpha value is -1.53. The van der Waals surface area contributed by atoms with E-state index in [2.05, 4.69) is 10.4 Å². The first kappa shape index (κ1) is 12.9. The summed E-state index contributed by atoms with van der Waals surface area (Å²) in [6.07, 6.45) is 3.41. The number of amides is 1. The summed E-state index contributed by atoms with van der Waals surface area (Å²) in [5.41, 5.74) is 5.94. The Labute approximate surface area is 114 Å². The molecule has 0 aromatic carbocycles. The summed E-state index contributed by atoms with van der Waals surface area (Å²) >= 11 is 7.43. The SMILES string of the molecule is CC(Nc1cnn(CC(N)=O)c1)c1ccc(Cl)s1. The summed E-state index contributed by atoms with van der Waals surface area (Å²) in [5, 5.41) is 7.32. The molecule has 0 radical (unpaired) electrons. The van der Waals surface area contributed by atoms with Crippen LogP contribution in [0.2, 0.25) is 4.34 Å². The molecule has 0 saturated carbocycles. The number of aromatic nitrogens is 2. The second kappa shape index (κ2) is 5.41. The fraction of sp³-hybridized carbons (Fsp3) is 0.273. The standard InChI is InChI=1S/C11H13ClN4OS/c1-7(9-2-3-10(12)18-9)15-8-4-14-16(5-8)6-11(13)17/h2-5,7,15H,6H2,1H3,(H2,13,17). The minimum atomic E-state index is -0.414. The molecular weight excluding hydrogens is 272 g/mol. The number of primary amides is 1. The molecule has 7 heteroatoms. The summed E-state index contributed by atoms with van der Waals surface area (Å²) in [4.78, 5) is 11.9. The molecule has 96 valence electrons. The van der Waals surface area contributed by atoms with Crippen LogP contribution in [-0.2, 0) is 11.3 Å². The number of nitrogens with one attached hydrogen (secondary N) is 1. The van der Waals surface area contributed by atoms with Gasteiger partial charge in [0.1, 0.15) is 6.54 Å². The molecule has 3 N–H and O–H groups in total. The van der Waals surface area contributed by atoms with E-state index in [1.54, 1.807) is 12.4 Å². The van der Waals surface area contributed by atoms with Crippen molar-refractivity contribution in [2.75, 3.05) is 5.32 Å². The molecule has 0 aliphatic carbocycles. The lowest BCUT2D eigenvalue weighted by Crippen LogP contribution is -2.18. The highest BCUT2D eigenvalue weighted by atomic mass is 35.5. The molecule has 1 unspecified atom stereocenters. The lowest BCUT2D eigenvalue weighted by molar-refractivity contribution is -0.118. The third-order valence-corrected chi connectivity index (χ3v) is 3.77. The molecule has 1 amide bonds. The third kappa shape index (κ3) is 3.24. The van der Waals surface area contributed by atoms with E-state index in [1.165, 1.54) is 16.0 Å². The van der Waals surface area contributed by atoms with Crippen LogP contribution in [0.15, 0.2) is 24.5 Å². The van der Waals surface area contributed by atoms with Gasteiger partial charge in [0.25, 0.3) is 0 Å². The molecule has 2 aromatic rings. The molecule has 0 aliphatic rings. The number of rotatable bonds is 5. The maximum atomic E-state index is 10.8. The lowest BCUT2D eigenvalue weighted by atomic mass is 10.3. The van der Waals surface area contributed by atoms with E-state index in [0.717, 1.165) is 14.9 Å². The summed E-state index contributed by atoms with van der Waals surface area (Å²) in [5.74, 6) is -0.414. The predicted octanol–water partition coefficient (Wildman–Crippen LogP) is 2.26. The Balaban J connectivity index is 2.00. The average Bonchev–Trinajstić information content (AvgIpc) is 2.87. The molecule has 0 fully saturated rings. The second-order valence-corrected chi connectivity index (χ2v) is 5.65. The van der Waals surface area contributed by atoms with Crippen molar-refractivity contribution >= 4 is 34.5 Å². The van der Waals surface area contributed by atoms with E-state index in [-0.39, 0.29) is 12.6 Å². The summed E-state index contributed by atoms with van der Waals surface area (Å²) < 4.78 is 2.27. The molecular formula is C11H13ClN4OS. The zero-order valence-electron chi connectivity index (χ0n) is 9.76. The largest absolute Gasteiger partial charge is 0.375 e. The van der Waals surface area contributed by atoms with E-state index in [4.69, 9.17) is 17.3 Å². The maximum absolute atomic E-state index is 10.8. The Morgan fingerprint density at radius 2 is 2.44 bits per heavy atom. The molecule has 5 nitrogen and oxygen atoms in total. The first-order valence-electron chi connectivity index (χ1n) is 5.37. The molecule has 2 heterocycles. The number of carbonyl (C=O) groups excluding carboxylic acids is 1. The number of nitrogens with zero attached hydrogens (tertiary/aromatic N) is 2. The van der Waals surface area contributed by atoms with E-state index in [9.17, 15) is 4.79 Å². The van der Waals surface area contributed by atoms with E-state index in [1.807, 2.05) is 19.1 Å². The Bertz CT molecular complexity index is 551. The van der Waals surface area contributed by atoms with Crippen LogP contribution in [0.1, 0.15) is 17.8 Å². The van der Waals surface area contributed by atoms with Crippen LogP contribution in [0.4, 0.5) is 5.69 Å². The predicted molar refractivity (Wildman–Crippen MR) is 72.8 cm³/mol. The molecule has 0 aliphatic heterocycles. The van der Waals surface area contributed by atoms with Gasteiger partial charge in [-0.1, -0.05) is 11.6 Å². The van der Waals surface area contributed by atoms with Crippen molar-refractivity contribution in [2.45, 2.75) is 19.5 Å². The maximum Gasteiger partial charge on any atom is 0.239 e. The van der Waals surface area contributed by atoms with Crippen LogP contribution < -0.4 is 11.1 Å². The van der Waals surface area contributed by atoms with Gasteiger partial charge in [-0.15, -0.1) is 11.3 Å². The zero-order chi connectivity index (χ0) is 13.1. The van der Waals surface area contributed by atoms with Gasteiger partial charge in [0.05, 0.1) is 22.3 Å². The van der Waals surface area contributed by atoms with Crippen molar-refractivity contribution in [1.29, 1.82) is 0 Å². The van der Waals surface area contributed by atoms with Crippen LogP contribution in [0.25, 0.3) is 0 Å². The van der Waals surface area contributed by atoms with Crippen LogP contribution in [-0.4, -0.2) is 15.7 Å². The van der Waals surface area contributed by atoms with Crippen LogP contribution in [0.3, 0.4) is 0 Å². The number of thiophene rings is 1. The molecule has 0 spiro atoms. The topological polar surface area (TPSA) is 72.9 Å². The molecule has 2 rings (SSSR count). The summed E-state index contributed by atoms with van der Waals surface area (Å²) in [6, 6.07) is 3.99. The van der Waals surface area contributed by atoms with Crippen molar-refractivity contribution in [3.63, 3.8) is 0 Å². The Morgan fingerprint density at radius 3 is 3.06 bits per heavy atom.